The molecule has 1 aliphatic heterocycles. The zero-order chi connectivity index (χ0) is 15.4. The smallest absolute Gasteiger partial charge is 0.142 e. The number of likely N-dealkylation sites (tertiary alicyclic amines) is 1. The molecule has 0 amide bonds. The third-order valence-electron chi connectivity index (χ3n) is 4.23. The molecule has 1 saturated heterocycles. The number of piperidine rings is 1. The van der Waals surface area contributed by atoms with Gasteiger partial charge in [-0.15, -0.1) is 0 Å². The van der Waals surface area contributed by atoms with Crippen molar-refractivity contribution in [2.45, 2.75) is 44.8 Å². The summed E-state index contributed by atoms with van der Waals surface area (Å²) in [6, 6.07) is 5.40. The van der Waals surface area contributed by atoms with Crippen LogP contribution >= 0.6 is 11.6 Å². The Morgan fingerprint density at radius 3 is 2.57 bits per heavy atom. The third-order valence-corrected chi connectivity index (χ3v) is 4.53. The van der Waals surface area contributed by atoms with Crippen molar-refractivity contribution in [3.05, 3.63) is 34.6 Å². The minimum atomic E-state index is -0.441. The van der Waals surface area contributed by atoms with Crippen LogP contribution in [0.5, 0.6) is 0 Å². The number of aliphatic hydroxyl groups excluding tert-OH is 1. The van der Waals surface area contributed by atoms with Gasteiger partial charge in [-0.05, 0) is 57.5 Å². The highest BCUT2D eigenvalue weighted by molar-refractivity contribution is 6.30. The summed E-state index contributed by atoms with van der Waals surface area (Å²) in [5.74, 6) is -0.441. The number of rotatable bonds is 5. The fraction of sp³-hybridized carbons (Fsp3) is 0.625. The highest BCUT2D eigenvalue weighted by Crippen LogP contribution is 2.22. The standard InChI is InChI=1S/C16H24ClFN2O/c1-11(2)20-7-5-13(6-8-20)19-16(10-21)12-3-4-14(17)15(18)9-12/h3-4,9,11,13,16,19,21H,5-8,10H2,1-2H3/t16-/m1/s1. The lowest BCUT2D eigenvalue weighted by Crippen LogP contribution is -2.46. The molecule has 0 unspecified atom stereocenters. The van der Waals surface area contributed by atoms with Crippen LogP contribution in [0.25, 0.3) is 0 Å². The van der Waals surface area contributed by atoms with E-state index in [1.54, 1.807) is 6.07 Å². The van der Waals surface area contributed by atoms with Crippen LogP contribution in [0.1, 0.15) is 38.3 Å². The van der Waals surface area contributed by atoms with Gasteiger partial charge in [0.25, 0.3) is 0 Å². The number of benzene rings is 1. The van der Waals surface area contributed by atoms with Crippen molar-refractivity contribution in [2.75, 3.05) is 19.7 Å². The predicted molar refractivity (Wildman–Crippen MR) is 84.1 cm³/mol. The molecule has 1 fully saturated rings. The Hall–Kier alpha value is -0.680. The summed E-state index contributed by atoms with van der Waals surface area (Å²) in [4.78, 5) is 2.45. The lowest BCUT2D eigenvalue weighted by molar-refractivity contribution is 0.146. The van der Waals surface area contributed by atoms with E-state index in [4.69, 9.17) is 11.6 Å². The molecule has 0 aromatic heterocycles. The van der Waals surface area contributed by atoms with Crippen LogP contribution in [0, 0.1) is 5.82 Å². The van der Waals surface area contributed by atoms with Gasteiger partial charge in [0.1, 0.15) is 5.82 Å². The minimum Gasteiger partial charge on any atom is -0.394 e. The fourth-order valence-corrected chi connectivity index (χ4v) is 2.97. The van der Waals surface area contributed by atoms with Crippen molar-refractivity contribution in [3.63, 3.8) is 0 Å². The van der Waals surface area contributed by atoms with Gasteiger partial charge in [0, 0.05) is 12.1 Å². The Bertz CT molecular complexity index is 462. The molecule has 0 aliphatic carbocycles. The van der Waals surface area contributed by atoms with Crippen molar-refractivity contribution >= 4 is 11.6 Å². The van der Waals surface area contributed by atoms with E-state index < -0.39 is 5.82 Å². The van der Waals surface area contributed by atoms with Crippen LogP contribution in [-0.2, 0) is 0 Å². The molecular formula is C16H24ClFN2O. The second-order valence-electron chi connectivity index (χ2n) is 5.98. The normalized spacial score (nSPS) is 19.1. The van der Waals surface area contributed by atoms with Crippen LogP contribution in [-0.4, -0.2) is 41.8 Å². The number of nitrogens with zero attached hydrogens (tertiary/aromatic N) is 1. The fourth-order valence-electron chi connectivity index (χ4n) is 2.85. The first-order valence-corrected chi connectivity index (χ1v) is 7.95. The largest absolute Gasteiger partial charge is 0.394 e. The molecule has 1 aromatic carbocycles. The van der Waals surface area contributed by atoms with E-state index in [1.165, 1.54) is 12.1 Å². The van der Waals surface area contributed by atoms with Crippen molar-refractivity contribution in [1.82, 2.24) is 10.2 Å². The molecule has 3 nitrogen and oxygen atoms in total. The first-order chi connectivity index (χ1) is 10.0. The average molecular weight is 315 g/mol. The van der Waals surface area contributed by atoms with Crippen molar-refractivity contribution in [2.24, 2.45) is 0 Å². The lowest BCUT2D eigenvalue weighted by Gasteiger charge is -2.36. The molecule has 2 rings (SSSR count). The monoisotopic (exact) mass is 314 g/mol. The van der Waals surface area contributed by atoms with Gasteiger partial charge in [-0.2, -0.15) is 0 Å². The van der Waals surface area contributed by atoms with E-state index in [-0.39, 0.29) is 17.7 Å². The topological polar surface area (TPSA) is 35.5 Å². The molecule has 118 valence electrons. The number of hydrogen-bond donors (Lipinski definition) is 2. The molecule has 0 saturated carbocycles. The number of nitrogens with one attached hydrogen (secondary N) is 1. The van der Waals surface area contributed by atoms with Gasteiger partial charge in [0.2, 0.25) is 0 Å². The molecule has 0 spiro atoms. The van der Waals surface area contributed by atoms with Gasteiger partial charge in [-0.1, -0.05) is 17.7 Å². The van der Waals surface area contributed by atoms with E-state index in [1.807, 2.05) is 0 Å². The molecule has 1 heterocycles. The molecule has 2 N–H and O–H groups in total. The van der Waals surface area contributed by atoms with E-state index in [0.717, 1.165) is 31.5 Å². The van der Waals surface area contributed by atoms with Gasteiger partial charge in [-0.25, -0.2) is 4.39 Å². The molecule has 1 aliphatic rings. The third kappa shape index (κ3) is 4.39. The van der Waals surface area contributed by atoms with E-state index in [9.17, 15) is 9.50 Å². The second kappa shape index (κ2) is 7.54. The molecule has 0 radical (unpaired) electrons. The summed E-state index contributed by atoms with van der Waals surface area (Å²) in [6.07, 6.45) is 2.09. The Morgan fingerprint density at radius 1 is 1.38 bits per heavy atom. The van der Waals surface area contributed by atoms with Gasteiger partial charge >= 0.3 is 0 Å². The van der Waals surface area contributed by atoms with Crippen LogP contribution in [0.3, 0.4) is 0 Å². The number of aliphatic hydroxyl groups is 1. The Morgan fingerprint density at radius 2 is 2.05 bits per heavy atom. The maximum absolute atomic E-state index is 13.5. The van der Waals surface area contributed by atoms with E-state index >= 15 is 0 Å². The molecule has 1 atom stereocenters. The zero-order valence-electron chi connectivity index (χ0n) is 12.6. The summed E-state index contributed by atoms with van der Waals surface area (Å²) in [7, 11) is 0. The summed E-state index contributed by atoms with van der Waals surface area (Å²) < 4.78 is 13.5. The summed E-state index contributed by atoms with van der Waals surface area (Å²) in [5.41, 5.74) is 0.741. The highest BCUT2D eigenvalue weighted by atomic mass is 35.5. The summed E-state index contributed by atoms with van der Waals surface area (Å²) in [6.45, 7) is 6.48. The van der Waals surface area contributed by atoms with Crippen molar-refractivity contribution < 1.29 is 9.50 Å². The summed E-state index contributed by atoms with van der Waals surface area (Å²) >= 11 is 5.70. The Labute approximate surface area is 131 Å². The first kappa shape index (κ1) is 16.7. The Balaban J connectivity index is 1.95. The van der Waals surface area contributed by atoms with Crippen molar-refractivity contribution in [3.8, 4) is 0 Å². The van der Waals surface area contributed by atoms with Gasteiger partial charge in [0.15, 0.2) is 0 Å². The minimum absolute atomic E-state index is 0.0501. The lowest BCUT2D eigenvalue weighted by atomic mass is 10.00. The molecule has 21 heavy (non-hydrogen) atoms. The quantitative estimate of drug-likeness (QED) is 0.877. The first-order valence-electron chi connectivity index (χ1n) is 7.57. The molecule has 1 aromatic rings. The highest BCUT2D eigenvalue weighted by Gasteiger charge is 2.23. The molecule has 5 heteroatoms. The van der Waals surface area contributed by atoms with E-state index in [0.29, 0.717) is 12.1 Å². The van der Waals surface area contributed by atoms with Crippen molar-refractivity contribution in [1.29, 1.82) is 0 Å². The summed E-state index contributed by atoms with van der Waals surface area (Å²) in [5, 5.41) is 13.1. The number of halogens is 2. The van der Waals surface area contributed by atoms with Gasteiger partial charge < -0.3 is 15.3 Å². The van der Waals surface area contributed by atoms with Crippen LogP contribution < -0.4 is 5.32 Å². The maximum Gasteiger partial charge on any atom is 0.142 e. The predicted octanol–water partition coefficient (Wildman–Crippen LogP) is 2.97. The van der Waals surface area contributed by atoms with Crippen LogP contribution in [0.4, 0.5) is 4.39 Å². The Kier molecular flexibility index (Phi) is 5.99. The SMILES string of the molecule is CC(C)N1CCC(N[C@H](CO)c2ccc(Cl)c(F)c2)CC1. The maximum atomic E-state index is 13.5. The number of hydrogen-bond acceptors (Lipinski definition) is 3. The van der Waals surface area contributed by atoms with Gasteiger partial charge in [0.05, 0.1) is 17.7 Å². The van der Waals surface area contributed by atoms with Crippen LogP contribution in [0.2, 0.25) is 5.02 Å². The van der Waals surface area contributed by atoms with E-state index in [2.05, 4.69) is 24.1 Å². The average Bonchev–Trinajstić information content (AvgIpc) is 2.48. The molecular weight excluding hydrogens is 291 g/mol. The molecule has 0 bridgehead atoms. The second-order valence-corrected chi connectivity index (χ2v) is 6.39. The van der Waals surface area contributed by atoms with Gasteiger partial charge in [-0.3, -0.25) is 0 Å². The van der Waals surface area contributed by atoms with Crippen LogP contribution in [0.15, 0.2) is 18.2 Å². The zero-order valence-corrected chi connectivity index (χ0v) is 13.4.